The van der Waals surface area contributed by atoms with Gasteiger partial charge in [-0.05, 0) is 19.4 Å². The molecule has 1 aliphatic heterocycles. The Kier molecular flexibility index (Phi) is 9.12. The van der Waals surface area contributed by atoms with Crippen LogP contribution in [-0.2, 0) is 27.5 Å². The first kappa shape index (κ1) is 22.9. The first-order valence-corrected chi connectivity index (χ1v) is 10.6. The minimum Gasteiger partial charge on any atom is -0.352 e. The Morgan fingerprint density at radius 3 is 2.00 bits per heavy atom. The van der Waals surface area contributed by atoms with Crippen LogP contribution in [0.4, 0.5) is 0 Å². The molecule has 0 unspecified atom stereocenters. The molecule has 2 N–H and O–H groups in total. The summed E-state index contributed by atoms with van der Waals surface area (Å²) in [4.78, 5) is 40.7. The van der Waals surface area contributed by atoms with Crippen molar-refractivity contribution in [1.82, 2.24) is 15.1 Å². The normalized spacial score (nSPS) is 14.2. The summed E-state index contributed by atoms with van der Waals surface area (Å²) < 4.78 is 0. The second kappa shape index (κ2) is 11.6. The molecule has 1 aliphatic rings. The van der Waals surface area contributed by atoms with Gasteiger partial charge in [0.25, 0.3) is 0 Å². The number of piperazine rings is 1. The summed E-state index contributed by atoms with van der Waals surface area (Å²) in [5.74, 6) is -0.0946. The lowest BCUT2D eigenvalue weighted by molar-refractivity contribution is -0.910. The molecule has 7 heteroatoms. The number of hydrogen-bond acceptors (Lipinski definition) is 3. The van der Waals surface area contributed by atoms with Crippen LogP contribution in [0.25, 0.3) is 0 Å². The minimum atomic E-state index is -0.114. The predicted molar refractivity (Wildman–Crippen MR) is 112 cm³/mol. The van der Waals surface area contributed by atoms with E-state index in [0.717, 1.165) is 25.2 Å². The van der Waals surface area contributed by atoms with Crippen LogP contribution in [-0.4, -0.2) is 66.8 Å². The number of carbonyl (C=O) groups excluding carboxylic acids is 3. The zero-order valence-electron chi connectivity index (χ0n) is 18.0. The Morgan fingerprint density at radius 2 is 1.45 bits per heavy atom. The van der Waals surface area contributed by atoms with Crippen LogP contribution in [0.3, 0.4) is 0 Å². The predicted octanol–water partition coefficient (Wildman–Crippen LogP) is 0.198. The van der Waals surface area contributed by atoms with E-state index in [2.05, 4.69) is 43.4 Å². The average Bonchev–Trinajstić information content (AvgIpc) is 2.75. The third-order valence-corrected chi connectivity index (χ3v) is 5.61. The van der Waals surface area contributed by atoms with Gasteiger partial charge in [-0.15, -0.1) is 0 Å². The maximum Gasteiger partial charge on any atom is 0.223 e. The number of benzene rings is 1. The highest BCUT2D eigenvalue weighted by Gasteiger charge is 2.22. The van der Waals surface area contributed by atoms with Crippen molar-refractivity contribution in [2.45, 2.75) is 46.7 Å². The van der Waals surface area contributed by atoms with Gasteiger partial charge in [0.15, 0.2) is 0 Å². The van der Waals surface area contributed by atoms with E-state index < -0.39 is 0 Å². The van der Waals surface area contributed by atoms with E-state index in [1.165, 1.54) is 5.56 Å². The standard InChI is InChI=1S/C22H34N4O3/c1-4-24(5-2)17-20-8-6-19(7-9-20)16-23-21(28)10-11-22(29)26-14-12-25(13-15-26)18(3)27/h6-9H,4-5,10-17H2,1-3H3,(H,23,28)/p+1. The largest absolute Gasteiger partial charge is 0.352 e. The van der Waals surface area contributed by atoms with Crippen LogP contribution in [0, 0.1) is 0 Å². The third-order valence-electron chi connectivity index (χ3n) is 5.61. The van der Waals surface area contributed by atoms with E-state index in [-0.39, 0.29) is 30.6 Å². The summed E-state index contributed by atoms with van der Waals surface area (Å²) in [5.41, 5.74) is 2.36. The third kappa shape index (κ3) is 7.49. The van der Waals surface area contributed by atoms with Gasteiger partial charge in [-0.1, -0.05) is 24.3 Å². The molecule has 0 saturated carbocycles. The van der Waals surface area contributed by atoms with Gasteiger partial charge in [-0.3, -0.25) is 14.4 Å². The van der Waals surface area contributed by atoms with Gasteiger partial charge in [0.05, 0.1) is 13.1 Å². The molecule has 1 aromatic rings. The number of hydrogen-bond donors (Lipinski definition) is 2. The summed E-state index contributed by atoms with van der Waals surface area (Å²) >= 11 is 0. The highest BCUT2D eigenvalue weighted by molar-refractivity contribution is 5.84. The van der Waals surface area contributed by atoms with Crippen LogP contribution < -0.4 is 10.2 Å². The van der Waals surface area contributed by atoms with Crippen LogP contribution >= 0.6 is 0 Å². The topological polar surface area (TPSA) is 74.2 Å². The van der Waals surface area contributed by atoms with Gasteiger partial charge >= 0.3 is 0 Å². The van der Waals surface area contributed by atoms with Gasteiger partial charge in [0.1, 0.15) is 6.54 Å². The van der Waals surface area contributed by atoms with Crippen LogP contribution in [0.1, 0.15) is 44.7 Å². The van der Waals surface area contributed by atoms with E-state index in [1.54, 1.807) is 21.6 Å². The molecule has 160 valence electrons. The summed E-state index contributed by atoms with van der Waals surface area (Å²) in [5, 5.41) is 2.89. The van der Waals surface area contributed by atoms with Crippen molar-refractivity contribution in [2.24, 2.45) is 0 Å². The molecule has 2 rings (SSSR count). The number of nitrogens with zero attached hydrogens (tertiary/aromatic N) is 2. The molecule has 0 atom stereocenters. The fraction of sp³-hybridized carbons (Fsp3) is 0.591. The van der Waals surface area contributed by atoms with Gasteiger partial charge in [0, 0.05) is 58.1 Å². The minimum absolute atomic E-state index is 0.0217. The van der Waals surface area contributed by atoms with Crippen molar-refractivity contribution < 1.29 is 19.3 Å². The van der Waals surface area contributed by atoms with Crippen molar-refractivity contribution >= 4 is 17.7 Å². The van der Waals surface area contributed by atoms with E-state index in [0.29, 0.717) is 32.7 Å². The first-order chi connectivity index (χ1) is 13.9. The molecule has 0 aromatic heterocycles. The molecule has 1 saturated heterocycles. The lowest BCUT2D eigenvalue weighted by atomic mass is 10.1. The lowest BCUT2D eigenvalue weighted by Gasteiger charge is -2.34. The zero-order chi connectivity index (χ0) is 21.2. The molecule has 29 heavy (non-hydrogen) atoms. The average molecular weight is 404 g/mol. The summed E-state index contributed by atoms with van der Waals surface area (Å²) in [6.45, 7) is 11.9. The SMILES string of the molecule is CC[NH+](CC)Cc1ccc(CNC(=O)CCC(=O)N2CCN(C(C)=O)CC2)cc1. The van der Waals surface area contributed by atoms with Crippen LogP contribution in [0.15, 0.2) is 24.3 Å². The molecule has 0 spiro atoms. The molecule has 1 heterocycles. The van der Waals surface area contributed by atoms with Crippen molar-refractivity contribution in [2.75, 3.05) is 39.3 Å². The van der Waals surface area contributed by atoms with Gasteiger partial charge in [0.2, 0.25) is 17.7 Å². The van der Waals surface area contributed by atoms with E-state index in [1.807, 2.05) is 0 Å². The van der Waals surface area contributed by atoms with E-state index in [4.69, 9.17) is 0 Å². The zero-order valence-corrected chi connectivity index (χ0v) is 18.0. The highest BCUT2D eigenvalue weighted by Crippen LogP contribution is 2.07. The fourth-order valence-corrected chi connectivity index (χ4v) is 3.50. The Balaban J connectivity index is 1.68. The number of rotatable bonds is 9. The molecule has 3 amide bonds. The Labute approximate surface area is 174 Å². The van der Waals surface area contributed by atoms with Gasteiger partial charge < -0.3 is 20.0 Å². The maximum absolute atomic E-state index is 12.3. The van der Waals surface area contributed by atoms with Crippen LogP contribution in [0.2, 0.25) is 0 Å². The Hall–Kier alpha value is -2.41. The number of nitrogens with one attached hydrogen (secondary N) is 2. The summed E-state index contributed by atoms with van der Waals surface area (Å²) in [7, 11) is 0. The molecule has 1 aromatic carbocycles. The quantitative estimate of drug-likeness (QED) is 0.619. The molecular formula is C22H35N4O3+. The molecule has 0 bridgehead atoms. The summed E-state index contributed by atoms with van der Waals surface area (Å²) in [6, 6.07) is 8.35. The van der Waals surface area contributed by atoms with Crippen molar-refractivity contribution in [3.8, 4) is 0 Å². The molecule has 0 aliphatic carbocycles. The molecule has 0 radical (unpaired) electrons. The summed E-state index contributed by atoms with van der Waals surface area (Å²) in [6.07, 6.45) is 0.395. The highest BCUT2D eigenvalue weighted by atomic mass is 16.2. The Morgan fingerprint density at radius 1 is 0.897 bits per heavy atom. The maximum atomic E-state index is 12.3. The number of amides is 3. The Bertz CT molecular complexity index is 678. The lowest BCUT2D eigenvalue weighted by Crippen LogP contribution is -3.10. The van der Waals surface area contributed by atoms with E-state index in [9.17, 15) is 14.4 Å². The molecule has 1 fully saturated rings. The smallest absolute Gasteiger partial charge is 0.223 e. The van der Waals surface area contributed by atoms with Crippen LogP contribution in [0.5, 0.6) is 0 Å². The van der Waals surface area contributed by atoms with Crippen molar-refractivity contribution in [3.63, 3.8) is 0 Å². The second-order valence-corrected chi connectivity index (χ2v) is 7.61. The van der Waals surface area contributed by atoms with Gasteiger partial charge in [-0.25, -0.2) is 0 Å². The van der Waals surface area contributed by atoms with Crippen molar-refractivity contribution in [3.05, 3.63) is 35.4 Å². The first-order valence-electron chi connectivity index (χ1n) is 10.6. The monoisotopic (exact) mass is 403 g/mol. The number of carbonyl (C=O) groups is 3. The fourth-order valence-electron chi connectivity index (χ4n) is 3.50. The second-order valence-electron chi connectivity index (χ2n) is 7.61. The molecule has 7 nitrogen and oxygen atoms in total. The number of quaternary nitrogens is 1. The molecular weight excluding hydrogens is 368 g/mol. The van der Waals surface area contributed by atoms with E-state index >= 15 is 0 Å². The van der Waals surface area contributed by atoms with Gasteiger partial charge in [-0.2, -0.15) is 0 Å². The van der Waals surface area contributed by atoms with Crippen molar-refractivity contribution in [1.29, 1.82) is 0 Å².